The topological polar surface area (TPSA) is 137 Å². The Balaban J connectivity index is 1.99. The summed E-state index contributed by atoms with van der Waals surface area (Å²) in [5.41, 5.74) is 0.687. The summed E-state index contributed by atoms with van der Waals surface area (Å²) in [4.78, 5) is 37.4. The number of esters is 2. The van der Waals surface area contributed by atoms with Gasteiger partial charge in [0.1, 0.15) is 16.7 Å². The zero-order valence-corrected chi connectivity index (χ0v) is 22.3. The molecule has 0 bridgehead atoms. The predicted molar refractivity (Wildman–Crippen MR) is 140 cm³/mol. The van der Waals surface area contributed by atoms with Crippen molar-refractivity contribution in [1.29, 1.82) is 0 Å². The number of methoxy groups -OCH3 is 3. The first kappa shape index (κ1) is 28.6. The van der Waals surface area contributed by atoms with Gasteiger partial charge >= 0.3 is 11.9 Å². The molecule has 0 saturated carbocycles. The van der Waals surface area contributed by atoms with Crippen molar-refractivity contribution in [3.8, 4) is 5.75 Å². The maximum Gasteiger partial charge on any atom is 0.337 e. The monoisotopic (exact) mass is 560 g/mol. The molecule has 38 heavy (non-hydrogen) atoms. The van der Waals surface area contributed by atoms with Gasteiger partial charge in [-0.25, -0.2) is 18.0 Å². The van der Waals surface area contributed by atoms with Crippen LogP contribution in [0.25, 0.3) is 0 Å². The maximum atomic E-state index is 13.4. The number of anilines is 1. The zero-order chi connectivity index (χ0) is 27.9. The van der Waals surface area contributed by atoms with E-state index in [1.807, 2.05) is 0 Å². The molecule has 1 amide bonds. The number of benzene rings is 3. The van der Waals surface area contributed by atoms with Crippen molar-refractivity contribution in [1.82, 2.24) is 4.72 Å². The molecule has 0 spiro atoms. The summed E-state index contributed by atoms with van der Waals surface area (Å²) in [6.07, 6.45) is -0.0185. The molecule has 0 radical (unpaired) electrons. The van der Waals surface area contributed by atoms with Crippen LogP contribution >= 0.6 is 11.6 Å². The van der Waals surface area contributed by atoms with Gasteiger partial charge in [0.25, 0.3) is 0 Å². The van der Waals surface area contributed by atoms with E-state index >= 15 is 0 Å². The van der Waals surface area contributed by atoms with Crippen molar-refractivity contribution in [3.63, 3.8) is 0 Å². The lowest BCUT2D eigenvalue weighted by molar-refractivity contribution is -0.117. The molecule has 0 aliphatic carbocycles. The first-order chi connectivity index (χ1) is 18.1. The summed E-state index contributed by atoms with van der Waals surface area (Å²) < 4.78 is 43.7. The molecule has 0 unspecified atom stereocenters. The Hall–Kier alpha value is -3.93. The molecule has 3 aromatic rings. The molecular weight excluding hydrogens is 536 g/mol. The highest BCUT2D eigenvalue weighted by Gasteiger charge is 2.29. The molecule has 12 heteroatoms. The summed E-state index contributed by atoms with van der Waals surface area (Å²) >= 11 is 6.02. The number of hydrogen-bond acceptors (Lipinski definition) is 8. The van der Waals surface area contributed by atoms with E-state index in [0.29, 0.717) is 5.56 Å². The first-order valence-electron chi connectivity index (χ1n) is 11.1. The number of nitrogens with one attached hydrogen (secondary N) is 2. The third kappa shape index (κ3) is 7.09. The summed E-state index contributed by atoms with van der Waals surface area (Å²) in [5.74, 6) is -2.22. The van der Waals surface area contributed by atoms with Crippen LogP contribution in [0.15, 0.2) is 71.6 Å². The van der Waals surface area contributed by atoms with Crippen molar-refractivity contribution in [3.05, 3.63) is 88.4 Å². The Morgan fingerprint density at radius 1 is 0.868 bits per heavy atom. The van der Waals surface area contributed by atoms with Gasteiger partial charge in [-0.15, -0.1) is 0 Å². The quantitative estimate of drug-likeness (QED) is 0.360. The molecule has 3 rings (SSSR count). The van der Waals surface area contributed by atoms with E-state index < -0.39 is 33.9 Å². The van der Waals surface area contributed by atoms with E-state index in [4.69, 9.17) is 25.8 Å². The van der Waals surface area contributed by atoms with Gasteiger partial charge in [-0.05, 0) is 48.4 Å². The lowest BCUT2D eigenvalue weighted by Gasteiger charge is -2.20. The number of halogens is 1. The Bertz CT molecular complexity index is 1410. The van der Waals surface area contributed by atoms with Crippen molar-refractivity contribution in [2.24, 2.45) is 0 Å². The van der Waals surface area contributed by atoms with Crippen molar-refractivity contribution in [2.45, 2.75) is 17.4 Å². The molecule has 0 aliphatic heterocycles. The minimum atomic E-state index is -4.30. The van der Waals surface area contributed by atoms with Gasteiger partial charge < -0.3 is 19.5 Å². The third-order valence-corrected chi connectivity index (χ3v) is 7.08. The van der Waals surface area contributed by atoms with Gasteiger partial charge in [-0.1, -0.05) is 41.9 Å². The van der Waals surface area contributed by atoms with Crippen LogP contribution in [0.5, 0.6) is 5.75 Å². The van der Waals surface area contributed by atoms with E-state index in [9.17, 15) is 22.8 Å². The second kappa shape index (κ2) is 12.5. The van der Waals surface area contributed by atoms with E-state index in [-0.39, 0.29) is 38.9 Å². The summed E-state index contributed by atoms with van der Waals surface area (Å²) in [6.45, 7) is 0. The van der Waals surface area contributed by atoms with Gasteiger partial charge in [0, 0.05) is 10.7 Å². The van der Waals surface area contributed by atoms with Gasteiger partial charge in [0.05, 0.1) is 32.5 Å². The minimum absolute atomic E-state index is 0.0185. The van der Waals surface area contributed by atoms with E-state index in [2.05, 4.69) is 10.0 Å². The number of ether oxygens (including phenoxy) is 3. The summed E-state index contributed by atoms with van der Waals surface area (Å²) in [7, 11) is -0.659. The van der Waals surface area contributed by atoms with Gasteiger partial charge in [-0.3, -0.25) is 4.79 Å². The van der Waals surface area contributed by atoms with Crippen LogP contribution in [0, 0.1) is 0 Å². The van der Waals surface area contributed by atoms with Crippen LogP contribution in [0.4, 0.5) is 5.69 Å². The SMILES string of the molecule is COC(=O)c1cc(NC(=O)[C@@H](Cc2ccccc2)NS(=O)(=O)c2cc(Cl)ccc2OC)cc(C(=O)OC)c1. The first-order valence-corrected chi connectivity index (χ1v) is 13.0. The van der Waals surface area contributed by atoms with E-state index in [0.717, 1.165) is 0 Å². The predicted octanol–water partition coefficient (Wildman–Crippen LogP) is 3.45. The van der Waals surface area contributed by atoms with Crippen LogP contribution < -0.4 is 14.8 Å². The van der Waals surface area contributed by atoms with E-state index in [1.54, 1.807) is 30.3 Å². The fourth-order valence-electron chi connectivity index (χ4n) is 3.55. The zero-order valence-electron chi connectivity index (χ0n) is 20.7. The van der Waals surface area contributed by atoms with E-state index in [1.165, 1.54) is 57.7 Å². The summed E-state index contributed by atoms with van der Waals surface area (Å²) in [5, 5.41) is 2.73. The Morgan fingerprint density at radius 3 is 2.03 bits per heavy atom. The summed E-state index contributed by atoms with van der Waals surface area (Å²) in [6, 6.07) is 15.4. The largest absolute Gasteiger partial charge is 0.495 e. The highest BCUT2D eigenvalue weighted by Crippen LogP contribution is 2.27. The fourth-order valence-corrected chi connectivity index (χ4v) is 5.18. The van der Waals surface area contributed by atoms with Crippen LogP contribution in [0.2, 0.25) is 5.02 Å². The highest BCUT2D eigenvalue weighted by atomic mass is 35.5. The molecule has 10 nitrogen and oxygen atoms in total. The molecule has 1 atom stereocenters. The number of carbonyl (C=O) groups is 3. The number of carbonyl (C=O) groups excluding carboxylic acids is 3. The smallest absolute Gasteiger partial charge is 0.337 e. The molecule has 0 aromatic heterocycles. The van der Waals surface area contributed by atoms with Crippen LogP contribution in [0.3, 0.4) is 0 Å². The van der Waals surface area contributed by atoms with Crippen molar-refractivity contribution < 1.29 is 37.0 Å². The average molecular weight is 561 g/mol. The average Bonchev–Trinajstić information content (AvgIpc) is 2.91. The highest BCUT2D eigenvalue weighted by molar-refractivity contribution is 7.89. The number of amides is 1. The molecule has 0 saturated heterocycles. The molecule has 3 aromatic carbocycles. The Kier molecular flexibility index (Phi) is 9.45. The molecule has 0 heterocycles. The second-order valence-corrected chi connectivity index (χ2v) is 10.0. The number of hydrogen-bond donors (Lipinski definition) is 2. The lowest BCUT2D eigenvalue weighted by atomic mass is 10.1. The third-order valence-electron chi connectivity index (χ3n) is 5.35. The van der Waals surface area contributed by atoms with Gasteiger partial charge in [0.15, 0.2) is 0 Å². The molecule has 200 valence electrons. The Labute approximate surface area is 224 Å². The van der Waals surface area contributed by atoms with Crippen LogP contribution in [-0.2, 0) is 30.7 Å². The number of sulfonamides is 1. The van der Waals surface area contributed by atoms with Crippen LogP contribution in [-0.4, -0.2) is 53.6 Å². The normalized spacial score (nSPS) is 11.8. The number of rotatable bonds is 10. The standard InChI is InChI=1S/C26H25ClN2O8S/c1-35-22-10-9-19(27)15-23(22)38(33,34)29-21(11-16-7-5-4-6-8-16)24(30)28-20-13-17(25(31)36-2)12-18(14-20)26(32)37-3/h4-10,12-15,21,29H,11H2,1-3H3,(H,28,30)/t21-/m1/s1. The second-order valence-electron chi connectivity index (χ2n) is 7.93. The molecule has 2 N–H and O–H groups in total. The van der Waals surface area contributed by atoms with Crippen molar-refractivity contribution in [2.75, 3.05) is 26.6 Å². The van der Waals surface area contributed by atoms with Gasteiger partial charge in [-0.2, -0.15) is 4.72 Å². The lowest BCUT2D eigenvalue weighted by Crippen LogP contribution is -2.45. The molecular formula is C26H25ClN2O8S. The minimum Gasteiger partial charge on any atom is -0.495 e. The maximum absolute atomic E-state index is 13.4. The molecule has 0 fully saturated rings. The van der Waals surface area contributed by atoms with Crippen LogP contribution in [0.1, 0.15) is 26.3 Å². The fraction of sp³-hybridized carbons (Fsp3) is 0.192. The Morgan fingerprint density at radius 2 is 1.47 bits per heavy atom. The van der Waals surface area contributed by atoms with Crippen molar-refractivity contribution >= 4 is 45.2 Å². The molecule has 0 aliphatic rings. The van der Waals surface area contributed by atoms with Gasteiger partial charge in [0.2, 0.25) is 15.9 Å².